The molecule has 12 nitrogen and oxygen atoms in total. The average molecular weight is 671 g/mol. The number of carbonyl (C=O) groups excluding carboxylic acids is 4. The van der Waals surface area contributed by atoms with E-state index in [1.54, 1.807) is 48.5 Å². The maximum Gasteiger partial charge on any atom is 0.351 e. The lowest BCUT2D eigenvalue weighted by Gasteiger charge is -2.41. The van der Waals surface area contributed by atoms with Crippen molar-refractivity contribution in [3.63, 3.8) is 0 Å². The third-order valence-corrected chi connectivity index (χ3v) is 15.5. The number of carbonyl (C=O) groups is 4. The molecule has 2 saturated heterocycles. The third kappa shape index (κ3) is 3.43. The number of benzene rings is 1. The Kier molecular flexibility index (Phi) is 6.12. The highest BCUT2D eigenvalue weighted by Crippen LogP contribution is 2.67. The molecule has 4 bridgehead atoms. The molecule has 2 aromatic rings. The Bertz CT molecular complexity index is 2010. The number of rotatable bonds is 4. The molecule has 2 saturated carbocycles. The van der Waals surface area contributed by atoms with Crippen LogP contribution in [0.2, 0.25) is 0 Å². The van der Waals surface area contributed by atoms with Crippen LogP contribution in [-0.4, -0.2) is 54.9 Å². The predicted molar refractivity (Wildman–Crippen MR) is 162 cm³/mol. The Morgan fingerprint density at radius 2 is 1.32 bits per heavy atom. The van der Waals surface area contributed by atoms with Gasteiger partial charge in [0.2, 0.25) is 11.2 Å². The van der Waals surface area contributed by atoms with Gasteiger partial charge in [0.15, 0.2) is 22.0 Å². The summed E-state index contributed by atoms with van der Waals surface area (Å²) in [5.74, 6) is -3.01. The highest BCUT2D eigenvalue weighted by atomic mass is 32.2. The second kappa shape index (κ2) is 9.03. The van der Waals surface area contributed by atoms with Gasteiger partial charge in [0.25, 0.3) is 0 Å². The normalized spacial score (nSPS) is 38.5. The van der Waals surface area contributed by atoms with Crippen LogP contribution in [0.1, 0.15) is 91.4 Å². The molecule has 252 valence electrons. The smallest absolute Gasteiger partial charge is 0.351 e. The maximum absolute atomic E-state index is 14.4. The predicted octanol–water partition coefficient (Wildman–Crippen LogP) is 4.02. The van der Waals surface area contributed by atoms with Gasteiger partial charge in [0, 0.05) is 22.3 Å². The van der Waals surface area contributed by atoms with Crippen molar-refractivity contribution in [3.8, 4) is 0 Å². The third-order valence-electron chi connectivity index (χ3n) is 13.3. The standard InChI is InChI=1S/C34H38O12S/c1-16-15-20(35)42-23-18(16)9-10-19-21(23)24(44-28(39)34-14-12-32(8,26(37)46-34)30(34,5)6)22(17(2)47(19,40)41)43-27(38)33-13-11-31(7,25(36)45-33)29(33,3)4/h9-10,15,17,22,24H,11-14H2,1-8H3/t17-,22?,24?,31?,32?,33?,34?/m0/s1. The number of esters is 4. The Morgan fingerprint density at radius 1 is 0.809 bits per heavy atom. The number of hydrogen-bond acceptors (Lipinski definition) is 12. The number of sulfone groups is 1. The van der Waals surface area contributed by atoms with Crippen LogP contribution >= 0.6 is 0 Å². The molecule has 3 aliphatic heterocycles. The topological polar surface area (TPSA) is 170 Å². The minimum Gasteiger partial charge on any atom is -0.454 e. The molecule has 5 aliphatic rings. The van der Waals surface area contributed by atoms with E-state index in [0.29, 0.717) is 23.8 Å². The molecule has 0 amide bonds. The van der Waals surface area contributed by atoms with Crippen LogP contribution in [0.3, 0.4) is 0 Å². The monoisotopic (exact) mass is 670 g/mol. The summed E-state index contributed by atoms with van der Waals surface area (Å²) in [7, 11) is -4.29. The van der Waals surface area contributed by atoms with Crippen molar-refractivity contribution in [1.29, 1.82) is 0 Å². The molecular formula is C34H38O12S. The van der Waals surface area contributed by atoms with E-state index in [1.165, 1.54) is 25.1 Å². The van der Waals surface area contributed by atoms with Crippen LogP contribution in [-0.2, 0) is 48.0 Å². The quantitative estimate of drug-likeness (QED) is 0.261. The second-order valence-corrected chi connectivity index (χ2v) is 17.7. The van der Waals surface area contributed by atoms with Crippen LogP contribution in [0.5, 0.6) is 0 Å². The van der Waals surface area contributed by atoms with Gasteiger partial charge in [-0.15, -0.1) is 0 Å². The molecule has 0 spiro atoms. The van der Waals surface area contributed by atoms with Gasteiger partial charge in [-0.05, 0) is 71.1 Å². The first-order valence-corrected chi connectivity index (χ1v) is 17.4. The first-order valence-electron chi connectivity index (χ1n) is 15.8. The summed E-state index contributed by atoms with van der Waals surface area (Å²) in [6.45, 7) is 13.4. The molecule has 2 aliphatic carbocycles. The second-order valence-electron chi connectivity index (χ2n) is 15.4. The summed E-state index contributed by atoms with van der Waals surface area (Å²) in [4.78, 5) is 67.1. The fourth-order valence-corrected chi connectivity index (χ4v) is 10.5. The maximum atomic E-state index is 14.4. The lowest BCUT2D eigenvalue weighted by Crippen LogP contribution is -2.55. The fraction of sp³-hybridized carbons (Fsp3) is 0.618. The Morgan fingerprint density at radius 3 is 1.79 bits per heavy atom. The largest absolute Gasteiger partial charge is 0.454 e. The molecule has 0 N–H and O–H groups in total. The average Bonchev–Trinajstić information content (AvgIpc) is 3.45. The summed E-state index contributed by atoms with van der Waals surface area (Å²) in [6.07, 6.45) is -2.26. The van der Waals surface area contributed by atoms with Crippen LogP contribution in [0.25, 0.3) is 11.0 Å². The van der Waals surface area contributed by atoms with E-state index >= 15 is 0 Å². The zero-order chi connectivity index (χ0) is 34.5. The van der Waals surface area contributed by atoms with Crippen molar-refractivity contribution in [2.75, 3.05) is 0 Å². The summed E-state index contributed by atoms with van der Waals surface area (Å²) in [5, 5.41) is -1.07. The highest BCUT2D eigenvalue weighted by molar-refractivity contribution is 7.92. The van der Waals surface area contributed by atoms with Crippen molar-refractivity contribution in [2.45, 2.75) is 115 Å². The van der Waals surface area contributed by atoms with Crippen LogP contribution in [0.15, 0.2) is 32.3 Å². The van der Waals surface area contributed by atoms with E-state index in [-0.39, 0.29) is 28.9 Å². The number of ether oxygens (including phenoxy) is 4. The van der Waals surface area contributed by atoms with Crippen molar-refractivity contribution in [2.24, 2.45) is 21.7 Å². The molecule has 6 unspecified atom stereocenters. The molecule has 47 heavy (non-hydrogen) atoms. The molecule has 4 heterocycles. The molecule has 13 heteroatoms. The van der Waals surface area contributed by atoms with Gasteiger partial charge in [0.1, 0.15) is 10.8 Å². The number of aryl methyl sites for hydroxylation is 1. The van der Waals surface area contributed by atoms with E-state index in [2.05, 4.69) is 0 Å². The van der Waals surface area contributed by atoms with Gasteiger partial charge in [-0.1, -0.05) is 27.7 Å². The fourth-order valence-electron chi connectivity index (χ4n) is 8.81. The zero-order valence-corrected chi connectivity index (χ0v) is 28.4. The van der Waals surface area contributed by atoms with Gasteiger partial charge < -0.3 is 23.4 Å². The van der Waals surface area contributed by atoms with Crippen molar-refractivity contribution >= 4 is 44.7 Å². The minimum absolute atomic E-state index is 0.141. The van der Waals surface area contributed by atoms with Gasteiger partial charge in [-0.2, -0.15) is 0 Å². The van der Waals surface area contributed by atoms with Gasteiger partial charge in [-0.25, -0.2) is 22.8 Å². The number of hydrogen-bond donors (Lipinski definition) is 0. The number of fused-ring (bicyclic) bond motifs is 7. The summed E-state index contributed by atoms with van der Waals surface area (Å²) >= 11 is 0. The summed E-state index contributed by atoms with van der Waals surface area (Å²) in [6, 6.07) is 4.10. The van der Waals surface area contributed by atoms with E-state index in [0.717, 1.165) is 0 Å². The Balaban J connectivity index is 1.40. The lowest BCUT2D eigenvalue weighted by atomic mass is 9.66. The molecule has 7 rings (SSSR count). The van der Waals surface area contributed by atoms with E-state index in [9.17, 15) is 32.4 Å². The van der Waals surface area contributed by atoms with E-state index < -0.39 is 89.7 Å². The molecule has 1 aromatic heterocycles. The van der Waals surface area contributed by atoms with Gasteiger partial charge in [0.05, 0.1) is 21.3 Å². The van der Waals surface area contributed by atoms with Gasteiger partial charge >= 0.3 is 29.5 Å². The van der Waals surface area contributed by atoms with Crippen molar-refractivity contribution in [3.05, 3.63) is 39.7 Å². The van der Waals surface area contributed by atoms with Crippen molar-refractivity contribution in [1.82, 2.24) is 0 Å². The first kappa shape index (κ1) is 31.8. The molecule has 1 aromatic carbocycles. The SMILES string of the molecule is Cc1cc(=O)oc2c3c(ccc12)S(=O)(=O)[C@@H](C)C(OC(=O)C12CCC(C)(C(=O)O1)C2(C)C)C3OC(=O)C12CCC(C)(C(=O)O1)C2(C)C. The van der Waals surface area contributed by atoms with E-state index in [4.69, 9.17) is 23.4 Å². The Labute approximate surface area is 271 Å². The van der Waals surface area contributed by atoms with Crippen molar-refractivity contribution < 1.29 is 51.0 Å². The minimum atomic E-state index is -4.29. The molecule has 0 radical (unpaired) electrons. The Hall–Kier alpha value is -3.74. The summed E-state index contributed by atoms with van der Waals surface area (Å²) in [5.41, 5.74) is -7.97. The zero-order valence-electron chi connectivity index (χ0n) is 27.6. The van der Waals surface area contributed by atoms with E-state index in [1.807, 2.05) is 0 Å². The lowest BCUT2D eigenvalue weighted by molar-refractivity contribution is -0.202. The van der Waals surface area contributed by atoms with Gasteiger partial charge in [-0.3, -0.25) is 9.59 Å². The molecular weight excluding hydrogens is 632 g/mol. The highest BCUT2D eigenvalue weighted by Gasteiger charge is 2.78. The molecule has 4 fully saturated rings. The van der Waals surface area contributed by atoms with Crippen LogP contribution < -0.4 is 5.63 Å². The van der Waals surface area contributed by atoms with Crippen LogP contribution in [0, 0.1) is 28.6 Å². The first-order chi connectivity index (χ1) is 21.6. The molecule has 7 atom stereocenters. The summed E-state index contributed by atoms with van der Waals surface area (Å²) < 4.78 is 57.6. The van der Waals surface area contributed by atoms with Crippen LogP contribution in [0.4, 0.5) is 0 Å².